The van der Waals surface area contributed by atoms with Gasteiger partial charge in [-0.15, -0.1) is 0 Å². The van der Waals surface area contributed by atoms with Gasteiger partial charge in [0.25, 0.3) is 0 Å². The maximum atomic E-state index is 16.3. The van der Waals surface area contributed by atoms with Gasteiger partial charge in [-0.05, 0) is 110 Å². The van der Waals surface area contributed by atoms with E-state index in [0.717, 1.165) is 64.9 Å². The third kappa shape index (κ3) is 9.16. The van der Waals surface area contributed by atoms with Crippen LogP contribution in [0.5, 0.6) is 0 Å². The topological polar surface area (TPSA) is 39.1 Å². The van der Waals surface area contributed by atoms with Crippen molar-refractivity contribution >= 4 is 67.9 Å². The lowest BCUT2D eigenvalue weighted by Gasteiger charge is -2.38. The fourth-order valence-corrected chi connectivity index (χ4v) is 17.0. The number of fused-ring (bicyclic) bond motifs is 3. The molecule has 3 nitrogen and oxygen atoms in total. The fraction of sp³-hybridized carbons (Fsp3) is 0.178. The van der Waals surface area contributed by atoms with Gasteiger partial charge in [0.2, 0.25) is 0 Å². The Kier molecular flexibility index (Phi) is 13.5. The van der Waals surface area contributed by atoms with Crippen molar-refractivity contribution in [2.45, 2.75) is 84.0 Å². The van der Waals surface area contributed by atoms with E-state index >= 15 is 9.13 Å². The standard InChI is InChI=1S/C73H69NO2P2/c1-70(2,3)52-30-36-55(37-31-52)73(56-38-32-53(33-39-56)71(4,5)6,57-40-34-54(35-41-57)72(7,8)9)58-42-48-68-66(50-58)67-51-65(78(76,62-26-18-12-19-27-62)63-28-20-13-21-29-63)47-49-69(67)74(68)59-43-45-64(46-44-59)77(75,60-22-14-10-15-23-60)61-24-16-11-17-25-61/h10-51H,1-9H3. The highest BCUT2D eigenvalue weighted by molar-refractivity contribution is 7.85. The van der Waals surface area contributed by atoms with Crippen LogP contribution >= 0.6 is 14.3 Å². The van der Waals surface area contributed by atoms with Gasteiger partial charge in [-0.25, -0.2) is 0 Å². The molecule has 11 rings (SSSR count). The van der Waals surface area contributed by atoms with Gasteiger partial charge in [-0.2, -0.15) is 0 Å². The number of hydrogen-bond acceptors (Lipinski definition) is 2. The summed E-state index contributed by atoms with van der Waals surface area (Å²) in [5.74, 6) is 0. The second kappa shape index (κ2) is 20.0. The molecule has 0 aliphatic heterocycles. The molecule has 0 aliphatic rings. The van der Waals surface area contributed by atoms with Crippen molar-refractivity contribution in [1.29, 1.82) is 0 Å². The van der Waals surface area contributed by atoms with Crippen molar-refractivity contribution in [3.63, 3.8) is 0 Å². The minimum atomic E-state index is -3.39. The largest absolute Gasteiger partial charge is 0.309 e. The molecule has 5 heteroatoms. The summed E-state index contributed by atoms with van der Waals surface area (Å²) in [5.41, 5.74) is 10.4. The molecule has 0 saturated carbocycles. The number of rotatable bonds is 11. The van der Waals surface area contributed by atoms with E-state index in [4.69, 9.17) is 0 Å². The normalized spacial score (nSPS) is 12.8. The number of hydrogen-bond donors (Lipinski definition) is 0. The molecule has 0 atom stereocenters. The predicted molar refractivity (Wildman–Crippen MR) is 334 cm³/mol. The summed E-state index contributed by atoms with van der Waals surface area (Å²) in [5, 5.41) is 6.70. The Morgan fingerprint density at radius 1 is 0.269 bits per heavy atom. The fourth-order valence-electron chi connectivity index (χ4n) is 11.6. The first kappa shape index (κ1) is 52.5. The molecule has 0 radical (unpaired) electrons. The molecule has 0 aliphatic carbocycles. The maximum Gasteiger partial charge on any atom is 0.171 e. The van der Waals surface area contributed by atoms with Crippen molar-refractivity contribution in [3.05, 3.63) is 294 Å². The average molecular weight is 1050 g/mol. The predicted octanol–water partition coefficient (Wildman–Crippen LogP) is 16.3. The molecule has 1 heterocycles. The van der Waals surface area contributed by atoms with Crippen LogP contribution in [0.4, 0.5) is 0 Å². The van der Waals surface area contributed by atoms with Gasteiger partial charge in [-0.3, -0.25) is 0 Å². The van der Waals surface area contributed by atoms with E-state index in [9.17, 15) is 0 Å². The van der Waals surface area contributed by atoms with Gasteiger partial charge < -0.3 is 13.7 Å². The van der Waals surface area contributed by atoms with Crippen LogP contribution < -0.4 is 31.8 Å². The average Bonchev–Trinajstić information content (AvgIpc) is 3.77. The van der Waals surface area contributed by atoms with Crippen molar-refractivity contribution in [3.8, 4) is 5.69 Å². The third-order valence-corrected chi connectivity index (χ3v) is 22.2. The molecule has 78 heavy (non-hydrogen) atoms. The Bertz CT molecular complexity index is 3790. The summed E-state index contributed by atoms with van der Waals surface area (Å²) in [4.78, 5) is 0. The molecule has 0 fully saturated rings. The van der Waals surface area contributed by atoms with Crippen LogP contribution in [0, 0.1) is 0 Å². The lowest BCUT2D eigenvalue weighted by molar-refractivity contribution is 0.587. The first-order valence-electron chi connectivity index (χ1n) is 27.3. The van der Waals surface area contributed by atoms with Crippen LogP contribution in [-0.2, 0) is 30.8 Å². The van der Waals surface area contributed by atoms with E-state index in [1.165, 1.54) is 33.4 Å². The zero-order chi connectivity index (χ0) is 54.7. The summed E-state index contributed by atoms with van der Waals surface area (Å²) < 4.78 is 34.3. The summed E-state index contributed by atoms with van der Waals surface area (Å²) >= 11 is 0. The van der Waals surface area contributed by atoms with E-state index in [-0.39, 0.29) is 16.2 Å². The van der Waals surface area contributed by atoms with Gasteiger partial charge in [-0.1, -0.05) is 263 Å². The summed E-state index contributed by atoms with van der Waals surface area (Å²) in [7, 11) is -6.63. The van der Waals surface area contributed by atoms with Gasteiger partial charge in [0.1, 0.15) is 0 Å². The van der Waals surface area contributed by atoms with Crippen LogP contribution in [0.15, 0.2) is 255 Å². The van der Waals surface area contributed by atoms with Gasteiger partial charge in [0, 0.05) is 48.3 Å². The molecule has 1 aromatic heterocycles. The smallest absolute Gasteiger partial charge is 0.171 e. The molecule has 0 bridgehead atoms. The van der Waals surface area contributed by atoms with E-state index in [0.29, 0.717) is 0 Å². The number of nitrogens with zero attached hydrogens (tertiary/aromatic N) is 1. The molecule has 0 saturated heterocycles. The van der Waals surface area contributed by atoms with Gasteiger partial charge in [0.05, 0.1) is 16.4 Å². The Hall–Kier alpha value is -7.54. The highest BCUT2D eigenvalue weighted by Crippen LogP contribution is 2.50. The first-order valence-corrected chi connectivity index (χ1v) is 30.7. The van der Waals surface area contributed by atoms with Crippen molar-refractivity contribution in [1.82, 2.24) is 4.57 Å². The lowest BCUT2D eigenvalue weighted by Crippen LogP contribution is -2.31. The zero-order valence-electron chi connectivity index (χ0n) is 46.4. The van der Waals surface area contributed by atoms with E-state index in [2.05, 4.69) is 188 Å². The third-order valence-electron chi connectivity index (χ3n) is 16.0. The second-order valence-electron chi connectivity index (χ2n) is 24.1. The monoisotopic (exact) mass is 1050 g/mol. The quantitative estimate of drug-likeness (QED) is 0.0956. The van der Waals surface area contributed by atoms with E-state index < -0.39 is 19.7 Å². The Balaban J connectivity index is 1.22. The Labute approximate surface area is 462 Å². The molecular weight excluding hydrogens is 985 g/mol. The number of aromatic nitrogens is 1. The molecule has 0 spiro atoms. The van der Waals surface area contributed by atoms with Gasteiger partial charge >= 0.3 is 0 Å². The van der Waals surface area contributed by atoms with Crippen molar-refractivity contribution in [2.24, 2.45) is 0 Å². The maximum absolute atomic E-state index is 16.3. The zero-order valence-corrected chi connectivity index (χ0v) is 48.2. The van der Waals surface area contributed by atoms with Crippen LogP contribution in [0.25, 0.3) is 27.5 Å². The second-order valence-corrected chi connectivity index (χ2v) is 29.6. The Morgan fingerprint density at radius 3 is 0.885 bits per heavy atom. The molecule has 388 valence electrons. The van der Waals surface area contributed by atoms with Crippen LogP contribution in [-0.4, -0.2) is 4.57 Å². The molecular formula is C73H69NO2P2. The van der Waals surface area contributed by atoms with Crippen molar-refractivity contribution < 1.29 is 9.13 Å². The molecule has 11 aromatic rings. The summed E-state index contributed by atoms with van der Waals surface area (Å²) in [6.45, 7) is 20.5. The first-order chi connectivity index (χ1) is 37.3. The minimum Gasteiger partial charge on any atom is -0.309 e. The van der Waals surface area contributed by atoms with Crippen LogP contribution in [0.1, 0.15) is 101 Å². The molecule has 0 amide bonds. The van der Waals surface area contributed by atoms with E-state index in [1.807, 2.05) is 133 Å². The SMILES string of the molecule is CC(C)(C)c1ccc(C(c2ccc(C(C)(C)C)cc2)(c2ccc(C(C)(C)C)cc2)c2ccc3c(c2)c2cc(P(=O)(c4ccccc4)c4ccccc4)ccc2n3-c2ccc(P(=O)(c3ccccc3)c3ccccc3)cc2)cc1. The van der Waals surface area contributed by atoms with Crippen molar-refractivity contribution in [2.75, 3.05) is 0 Å². The summed E-state index contributed by atoms with van der Waals surface area (Å²) in [6.07, 6.45) is 0. The highest BCUT2D eigenvalue weighted by atomic mass is 31.2. The van der Waals surface area contributed by atoms with Crippen LogP contribution in [0.2, 0.25) is 0 Å². The van der Waals surface area contributed by atoms with Gasteiger partial charge in [0.15, 0.2) is 14.3 Å². The lowest BCUT2D eigenvalue weighted by atomic mass is 9.64. The highest BCUT2D eigenvalue weighted by Gasteiger charge is 2.40. The summed E-state index contributed by atoms with van der Waals surface area (Å²) in [6, 6.07) is 89.4. The van der Waals surface area contributed by atoms with E-state index in [1.54, 1.807) is 0 Å². The molecule has 0 unspecified atom stereocenters. The number of benzene rings is 10. The molecule has 10 aromatic carbocycles. The Morgan fingerprint density at radius 2 is 0.538 bits per heavy atom. The molecule has 0 N–H and O–H groups in total. The minimum absolute atomic E-state index is 0.0421. The van der Waals surface area contributed by atoms with Crippen LogP contribution in [0.3, 0.4) is 0 Å².